The molecule has 9 nitrogen and oxygen atoms in total. The third-order valence-electron chi connectivity index (χ3n) is 5.88. The van der Waals surface area contributed by atoms with E-state index in [1.807, 2.05) is 24.3 Å². The predicted molar refractivity (Wildman–Crippen MR) is 126 cm³/mol. The maximum atomic E-state index is 13.2. The van der Waals surface area contributed by atoms with Gasteiger partial charge in [0.2, 0.25) is 11.7 Å². The van der Waals surface area contributed by atoms with Crippen molar-refractivity contribution in [2.75, 3.05) is 33.3 Å². The molecule has 0 atom stereocenters. The highest BCUT2D eigenvalue weighted by molar-refractivity contribution is 7.92. The highest BCUT2D eigenvalue weighted by atomic mass is 32.2. The second kappa shape index (κ2) is 9.94. The zero-order valence-corrected chi connectivity index (χ0v) is 20.3. The van der Waals surface area contributed by atoms with E-state index in [-0.39, 0.29) is 16.4 Å². The second-order valence-electron chi connectivity index (χ2n) is 8.40. The number of sulfone groups is 1. The van der Waals surface area contributed by atoms with Gasteiger partial charge in [-0.05, 0) is 50.2 Å². The van der Waals surface area contributed by atoms with Gasteiger partial charge in [0.05, 0.1) is 29.4 Å². The average molecular weight is 485 g/mol. The van der Waals surface area contributed by atoms with E-state index in [4.69, 9.17) is 9.26 Å². The molecule has 1 aliphatic heterocycles. The molecule has 4 rings (SSSR count). The van der Waals surface area contributed by atoms with Crippen LogP contribution in [0.4, 0.5) is 0 Å². The Morgan fingerprint density at radius 3 is 2.38 bits per heavy atom. The van der Waals surface area contributed by atoms with Crippen molar-refractivity contribution in [3.8, 4) is 17.1 Å². The van der Waals surface area contributed by atoms with Gasteiger partial charge in [-0.25, -0.2) is 8.42 Å². The van der Waals surface area contributed by atoms with Crippen molar-refractivity contribution >= 4 is 15.7 Å². The Morgan fingerprint density at radius 1 is 1.06 bits per heavy atom. The number of amides is 1. The third kappa shape index (κ3) is 4.97. The molecule has 0 radical (unpaired) electrons. The molecule has 180 valence electrons. The number of benzene rings is 2. The van der Waals surface area contributed by atoms with Crippen LogP contribution in [0.2, 0.25) is 0 Å². The standard InChI is InChI=1S/C24H28N4O5S/c1-17(2)34(30,31)21-7-5-4-6-20(21)24(29)28-14-12-27(13-15-28)16-22-25-23(26-33-22)18-8-10-19(32-3)11-9-18/h4-11,17H,12-16H2,1-3H3. The van der Waals surface area contributed by atoms with Gasteiger partial charge in [0.15, 0.2) is 9.84 Å². The van der Waals surface area contributed by atoms with Crippen molar-refractivity contribution in [3.05, 3.63) is 60.0 Å². The van der Waals surface area contributed by atoms with Crippen LogP contribution in [0.3, 0.4) is 0 Å². The van der Waals surface area contributed by atoms with Crippen LogP contribution in [0.1, 0.15) is 30.1 Å². The van der Waals surface area contributed by atoms with E-state index in [1.165, 1.54) is 6.07 Å². The molecule has 34 heavy (non-hydrogen) atoms. The Labute approximate surface area is 199 Å². The number of piperazine rings is 1. The number of ether oxygens (including phenoxy) is 1. The van der Waals surface area contributed by atoms with Crippen LogP contribution in [0.5, 0.6) is 5.75 Å². The van der Waals surface area contributed by atoms with Gasteiger partial charge in [-0.2, -0.15) is 4.98 Å². The number of carbonyl (C=O) groups excluding carboxylic acids is 1. The first-order valence-corrected chi connectivity index (χ1v) is 12.7. The lowest BCUT2D eigenvalue weighted by Crippen LogP contribution is -2.48. The summed E-state index contributed by atoms with van der Waals surface area (Å²) < 4.78 is 36.0. The summed E-state index contributed by atoms with van der Waals surface area (Å²) in [7, 11) is -1.95. The van der Waals surface area contributed by atoms with E-state index in [9.17, 15) is 13.2 Å². The van der Waals surface area contributed by atoms with Crippen LogP contribution in [0.15, 0.2) is 57.9 Å². The molecule has 1 aromatic heterocycles. The van der Waals surface area contributed by atoms with Gasteiger partial charge < -0.3 is 14.2 Å². The van der Waals surface area contributed by atoms with Gasteiger partial charge in [0, 0.05) is 31.7 Å². The monoisotopic (exact) mass is 484 g/mol. The molecule has 3 aromatic rings. The molecule has 1 amide bonds. The van der Waals surface area contributed by atoms with Crippen LogP contribution in [0.25, 0.3) is 11.4 Å². The van der Waals surface area contributed by atoms with E-state index in [0.29, 0.717) is 44.4 Å². The first kappa shape index (κ1) is 23.9. The second-order valence-corrected chi connectivity index (χ2v) is 10.9. The quantitative estimate of drug-likeness (QED) is 0.504. The normalized spacial score (nSPS) is 15.0. The lowest BCUT2D eigenvalue weighted by Gasteiger charge is -2.34. The maximum absolute atomic E-state index is 13.2. The van der Waals surface area contributed by atoms with E-state index >= 15 is 0 Å². The Hall–Kier alpha value is -3.24. The van der Waals surface area contributed by atoms with Gasteiger partial charge in [-0.1, -0.05) is 17.3 Å². The van der Waals surface area contributed by atoms with Crippen molar-refractivity contribution in [3.63, 3.8) is 0 Å². The van der Waals surface area contributed by atoms with Crippen molar-refractivity contribution in [2.45, 2.75) is 30.5 Å². The summed E-state index contributed by atoms with van der Waals surface area (Å²) in [4.78, 5) is 21.6. The lowest BCUT2D eigenvalue weighted by molar-refractivity contribution is 0.0611. The molecule has 0 unspecified atom stereocenters. The summed E-state index contributed by atoms with van der Waals surface area (Å²) in [5, 5.41) is 3.46. The minimum atomic E-state index is -3.56. The summed E-state index contributed by atoms with van der Waals surface area (Å²) in [6, 6.07) is 13.9. The molecule has 1 aliphatic rings. The number of methoxy groups -OCH3 is 1. The first-order chi connectivity index (χ1) is 16.3. The fraction of sp³-hybridized carbons (Fsp3) is 0.375. The lowest BCUT2D eigenvalue weighted by atomic mass is 10.2. The molecule has 0 aliphatic carbocycles. The first-order valence-electron chi connectivity index (χ1n) is 11.1. The number of hydrogen-bond donors (Lipinski definition) is 0. The molecule has 0 spiro atoms. The number of nitrogens with zero attached hydrogens (tertiary/aromatic N) is 4. The molecule has 1 fully saturated rings. The Morgan fingerprint density at radius 2 is 1.74 bits per heavy atom. The van der Waals surface area contributed by atoms with E-state index in [2.05, 4.69) is 15.0 Å². The van der Waals surface area contributed by atoms with Crippen LogP contribution in [-0.2, 0) is 16.4 Å². The summed E-state index contributed by atoms with van der Waals surface area (Å²) in [5.41, 5.74) is 1.06. The zero-order valence-electron chi connectivity index (χ0n) is 19.5. The van der Waals surface area contributed by atoms with Gasteiger partial charge in [-0.15, -0.1) is 0 Å². The number of carbonyl (C=O) groups is 1. The predicted octanol–water partition coefficient (Wildman–Crippen LogP) is 2.89. The van der Waals surface area contributed by atoms with Gasteiger partial charge in [0.1, 0.15) is 5.75 Å². The van der Waals surface area contributed by atoms with Crippen molar-refractivity contribution < 1.29 is 22.5 Å². The van der Waals surface area contributed by atoms with E-state index in [1.54, 1.807) is 44.1 Å². The highest BCUT2D eigenvalue weighted by Gasteiger charge is 2.29. The fourth-order valence-electron chi connectivity index (χ4n) is 3.79. The van der Waals surface area contributed by atoms with E-state index < -0.39 is 15.1 Å². The Kier molecular flexibility index (Phi) is 6.99. The van der Waals surface area contributed by atoms with Gasteiger partial charge >= 0.3 is 0 Å². The molecule has 0 N–H and O–H groups in total. The smallest absolute Gasteiger partial charge is 0.255 e. The Balaban J connectivity index is 1.38. The summed E-state index contributed by atoms with van der Waals surface area (Å²) in [6.07, 6.45) is 0. The number of hydrogen-bond acceptors (Lipinski definition) is 8. The minimum absolute atomic E-state index is 0.0920. The van der Waals surface area contributed by atoms with Crippen molar-refractivity contribution in [1.82, 2.24) is 19.9 Å². The molecule has 10 heteroatoms. The molecule has 2 heterocycles. The molecular weight excluding hydrogens is 456 g/mol. The molecule has 1 saturated heterocycles. The number of aromatic nitrogens is 2. The van der Waals surface area contributed by atoms with Crippen LogP contribution in [-0.4, -0.2) is 72.8 Å². The molecule has 0 bridgehead atoms. The third-order valence-corrected chi connectivity index (χ3v) is 8.09. The highest BCUT2D eigenvalue weighted by Crippen LogP contribution is 2.23. The van der Waals surface area contributed by atoms with Crippen LogP contribution < -0.4 is 4.74 Å². The fourth-order valence-corrected chi connectivity index (χ4v) is 5.03. The minimum Gasteiger partial charge on any atom is -0.497 e. The topological polar surface area (TPSA) is 106 Å². The van der Waals surface area contributed by atoms with E-state index in [0.717, 1.165) is 11.3 Å². The summed E-state index contributed by atoms with van der Waals surface area (Å²) in [5.74, 6) is 1.50. The zero-order chi connectivity index (χ0) is 24.3. The largest absolute Gasteiger partial charge is 0.497 e. The SMILES string of the molecule is COc1ccc(-c2noc(CN3CCN(C(=O)c4ccccc4S(=O)(=O)C(C)C)CC3)n2)cc1. The number of rotatable bonds is 7. The maximum Gasteiger partial charge on any atom is 0.255 e. The summed E-state index contributed by atoms with van der Waals surface area (Å²) >= 11 is 0. The van der Waals surface area contributed by atoms with Crippen molar-refractivity contribution in [2.24, 2.45) is 0 Å². The molecular formula is C24H28N4O5S. The van der Waals surface area contributed by atoms with Gasteiger partial charge in [-0.3, -0.25) is 9.69 Å². The summed E-state index contributed by atoms with van der Waals surface area (Å²) in [6.45, 7) is 5.91. The van der Waals surface area contributed by atoms with Gasteiger partial charge in [0.25, 0.3) is 5.91 Å². The molecule has 2 aromatic carbocycles. The van der Waals surface area contributed by atoms with Crippen LogP contribution in [0, 0.1) is 0 Å². The Bertz CT molecular complexity index is 1250. The average Bonchev–Trinajstić information content (AvgIpc) is 3.32. The van der Waals surface area contributed by atoms with Crippen LogP contribution >= 0.6 is 0 Å². The van der Waals surface area contributed by atoms with Crippen molar-refractivity contribution in [1.29, 1.82) is 0 Å². The molecule has 0 saturated carbocycles.